The molecule has 0 saturated heterocycles. The summed E-state index contributed by atoms with van der Waals surface area (Å²) in [6, 6.07) is 9.30. The molecule has 1 heterocycles. The average molecular weight is 421 g/mol. The number of hydrogen-bond donors (Lipinski definition) is 2. The van der Waals surface area contributed by atoms with E-state index in [1.54, 1.807) is 24.0 Å². The number of benzene rings is 1. The zero-order valence-electron chi connectivity index (χ0n) is 16.3. The summed E-state index contributed by atoms with van der Waals surface area (Å²) in [4.78, 5) is 38.4. The van der Waals surface area contributed by atoms with Gasteiger partial charge in [-0.25, -0.2) is 9.18 Å². The van der Waals surface area contributed by atoms with Crippen molar-refractivity contribution in [2.75, 3.05) is 26.2 Å². The molecule has 1 aromatic carbocycles. The number of hydrogen-bond acceptors (Lipinski definition) is 6. The fourth-order valence-corrected chi connectivity index (χ4v) is 3.44. The Morgan fingerprint density at radius 1 is 1.10 bits per heavy atom. The highest BCUT2D eigenvalue weighted by atomic mass is 32.1. The normalized spacial score (nSPS) is 11.7. The molecule has 0 unspecified atom stereocenters. The molecule has 0 aliphatic carbocycles. The van der Waals surface area contributed by atoms with Gasteiger partial charge in [-0.3, -0.25) is 19.8 Å². The summed E-state index contributed by atoms with van der Waals surface area (Å²) in [7, 11) is 0. The van der Waals surface area contributed by atoms with Gasteiger partial charge in [0.15, 0.2) is 0 Å². The molecule has 0 saturated carbocycles. The van der Waals surface area contributed by atoms with Crippen molar-refractivity contribution in [2.45, 2.75) is 19.9 Å². The number of alkyl carbamates (subject to hydrolysis) is 1. The predicted octanol–water partition coefficient (Wildman–Crippen LogP) is 2.69. The molecular formula is C20H24FN3O4S. The van der Waals surface area contributed by atoms with E-state index in [2.05, 4.69) is 15.4 Å². The average Bonchev–Trinajstić information content (AvgIpc) is 3.21. The number of amides is 3. The van der Waals surface area contributed by atoms with Gasteiger partial charge in [0.25, 0.3) is 0 Å². The van der Waals surface area contributed by atoms with E-state index < -0.39 is 18.0 Å². The van der Waals surface area contributed by atoms with Crippen molar-refractivity contribution in [3.63, 3.8) is 0 Å². The van der Waals surface area contributed by atoms with Crippen LogP contribution in [0.3, 0.4) is 0 Å². The first-order valence-corrected chi connectivity index (χ1v) is 10.1. The fourth-order valence-electron chi connectivity index (χ4n) is 2.64. The van der Waals surface area contributed by atoms with Crippen LogP contribution >= 0.6 is 11.3 Å². The molecule has 0 aliphatic rings. The Morgan fingerprint density at radius 2 is 1.79 bits per heavy atom. The highest BCUT2D eigenvalue weighted by Gasteiger charge is 2.21. The smallest absolute Gasteiger partial charge is 0.413 e. The van der Waals surface area contributed by atoms with E-state index in [1.165, 1.54) is 23.5 Å². The number of carbonyl (C=O) groups excluding carboxylic acids is 3. The Hall–Kier alpha value is -2.78. The van der Waals surface area contributed by atoms with Gasteiger partial charge in [0.2, 0.25) is 11.8 Å². The van der Waals surface area contributed by atoms with Crippen LogP contribution in [-0.4, -0.2) is 49.0 Å². The summed E-state index contributed by atoms with van der Waals surface area (Å²) >= 11 is 1.48. The summed E-state index contributed by atoms with van der Waals surface area (Å²) < 4.78 is 17.9. The first kappa shape index (κ1) is 22.5. The first-order chi connectivity index (χ1) is 13.9. The third-order valence-corrected chi connectivity index (χ3v) is 4.97. The molecule has 1 atom stereocenters. The van der Waals surface area contributed by atoms with E-state index >= 15 is 0 Å². The van der Waals surface area contributed by atoms with Crippen LogP contribution in [0, 0.1) is 5.82 Å². The highest BCUT2D eigenvalue weighted by molar-refractivity contribution is 7.10. The molecule has 29 heavy (non-hydrogen) atoms. The monoisotopic (exact) mass is 421 g/mol. The predicted molar refractivity (Wildman–Crippen MR) is 108 cm³/mol. The molecule has 0 fully saturated rings. The molecular weight excluding hydrogens is 397 g/mol. The van der Waals surface area contributed by atoms with Crippen LogP contribution in [0.5, 0.6) is 0 Å². The molecule has 3 amide bonds. The van der Waals surface area contributed by atoms with Crippen LogP contribution in [0.15, 0.2) is 41.8 Å². The van der Waals surface area contributed by atoms with Crippen LogP contribution in [0.2, 0.25) is 0 Å². The molecule has 2 rings (SSSR count). The van der Waals surface area contributed by atoms with Gasteiger partial charge in [0, 0.05) is 4.88 Å². The van der Waals surface area contributed by atoms with Crippen molar-refractivity contribution >= 4 is 29.2 Å². The molecule has 0 bridgehead atoms. The van der Waals surface area contributed by atoms with Gasteiger partial charge in [-0.15, -0.1) is 11.3 Å². The van der Waals surface area contributed by atoms with Gasteiger partial charge in [0.1, 0.15) is 5.82 Å². The summed E-state index contributed by atoms with van der Waals surface area (Å²) in [5.41, 5.74) is 0.755. The minimum atomic E-state index is -0.813. The number of imide groups is 1. The van der Waals surface area contributed by atoms with Crippen molar-refractivity contribution in [3.05, 3.63) is 58.0 Å². The molecule has 2 N–H and O–H groups in total. The lowest BCUT2D eigenvalue weighted by Gasteiger charge is -2.22. The lowest BCUT2D eigenvalue weighted by Crippen LogP contribution is -2.44. The Morgan fingerprint density at radius 3 is 2.38 bits per heavy atom. The molecule has 9 heteroatoms. The van der Waals surface area contributed by atoms with Gasteiger partial charge in [-0.2, -0.15) is 0 Å². The van der Waals surface area contributed by atoms with Crippen LogP contribution < -0.4 is 10.6 Å². The molecule has 1 aromatic heterocycles. The largest absolute Gasteiger partial charge is 0.450 e. The molecule has 2 aromatic rings. The van der Waals surface area contributed by atoms with E-state index in [-0.39, 0.29) is 31.4 Å². The highest BCUT2D eigenvalue weighted by Crippen LogP contribution is 2.26. The van der Waals surface area contributed by atoms with Crippen molar-refractivity contribution in [3.8, 4) is 0 Å². The van der Waals surface area contributed by atoms with Gasteiger partial charge < -0.3 is 10.1 Å². The van der Waals surface area contributed by atoms with Gasteiger partial charge in [0.05, 0.1) is 25.7 Å². The van der Waals surface area contributed by atoms with Crippen molar-refractivity contribution in [1.29, 1.82) is 0 Å². The van der Waals surface area contributed by atoms with Crippen LogP contribution in [0.4, 0.5) is 9.18 Å². The second-order valence-electron chi connectivity index (χ2n) is 6.14. The third-order valence-electron chi connectivity index (χ3n) is 4.03. The molecule has 0 spiro atoms. The zero-order chi connectivity index (χ0) is 21.2. The molecule has 0 aliphatic heterocycles. The van der Waals surface area contributed by atoms with Crippen molar-refractivity contribution in [1.82, 2.24) is 15.5 Å². The van der Waals surface area contributed by atoms with E-state index in [0.29, 0.717) is 6.54 Å². The summed E-state index contributed by atoms with van der Waals surface area (Å²) in [6.45, 7) is 3.88. The van der Waals surface area contributed by atoms with Gasteiger partial charge in [-0.1, -0.05) is 25.1 Å². The maximum absolute atomic E-state index is 13.3. The number of ether oxygens (including phenoxy) is 1. The second kappa shape index (κ2) is 11.3. The maximum Gasteiger partial charge on any atom is 0.413 e. The first-order valence-electron chi connectivity index (χ1n) is 9.20. The standard InChI is InChI=1S/C20H24FN3O4S/c1-3-24(13-18(26)23-20(27)28-4-2)12-17(25)22-19(16-6-5-11-29-16)14-7-9-15(21)10-8-14/h5-11,19H,3-4,12-13H2,1-2H3,(H,22,25)(H,23,26,27)/t19-/m1/s1. The van der Waals surface area contributed by atoms with Gasteiger partial charge >= 0.3 is 6.09 Å². The summed E-state index contributed by atoms with van der Waals surface area (Å²) in [6.07, 6.45) is -0.813. The summed E-state index contributed by atoms with van der Waals surface area (Å²) in [5.74, 6) is -1.19. The van der Waals surface area contributed by atoms with Crippen molar-refractivity contribution in [2.24, 2.45) is 0 Å². The lowest BCUT2D eigenvalue weighted by atomic mass is 10.1. The van der Waals surface area contributed by atoms with E-state index in [4.69, 9.17) is 0 Å². The Labute approximate surface area is 172 Å². The SMILES string of the molecule is CCOC(=O)NC(=O)CN(CC)CC(=O)N[C@H](c1ccc(F)cc1)c1cccs1. The number of nitrogens with zero attached hydrogens (tertiary/aromatic N) is 1. The minimum absolute atomic E-state index is 0.0319. The summed E-state index contributed by atoms with van der Waals surface area (Å²) in [5, 5.41) is 6.94. The third kappa shape index (κ3) is 7.28. The van der Waals surface area contributed by atoms with E-state index in [0.717, 1.165) is 10.4 Å². The Bertz CT molecular complexity index is 812. The van der Waals surface area contributed by atoms with E-state index in [9.17, 15) is 18.8 Å². The quantitative estimate of drug-likeness (QED) is 0.650. The fraction of sp³-hybridized carbons (Fsp3) is 0.350. The minimum Gasteiger partial charge on any atom is -0.450 e. The maximum atomic E-state index is 13.3. The molecule has 156 valence electrons. The number of carbonyl (C=O) groups is 3. The number of nitrogens with one attached hydrogen (secondary N) is 2. The Kier molecular flexibility index (Phi) is 8.75. The number of halogens is 1. The zero-order valence-corrected chi connectivity index (χ0v) is 17.1. The lowest BCUT2D eigenvalue weighted by molar-refractivity contribution is -0.125. The topological polar surface area (TPSA) is 87.7 Å². The van der Waals surface area contributed by atoms with Crippen LogP contribution in [0.25, 0.3) is 0 Å². The number of thiophene rings is 1. The number of rotatable bonds is 9. The molecule has 0 radical (unpaired) electrons. The molecule has 7 nitrogen and oxygen atoms in total. The number of likely N-dealkylation sites (N-methyl/N-ethyl adjacent to an activating group) is 1. The Balaban J connectivity index is 2.00. The van der Waals surface area contributed by atoms with Crippen LogP contribution in [-0.2, 0) is 14.3 Å². The second-order valence-corrected chi connectivity index (χ2v) is 7.12. The van der Waals surface area contributed by atoms with Crippen LogP contribution in [0.1, 0.15) is 30.3 Å². The van der Waals surface area contributed by atoms with Gasteiger partial charge in [-0.05, 0) is 42.6 Å². The van der Waals surface area contributed by atoms with E-state index in [1.807, 2.05) is 24.4 Å². The van der Waals surface area contributed by atoms with Crippen molar-refractivity contribution < 1.29 is 23.5 Å².